The van der Waals surface area contributed by atoms with Gasteiger partial charge in [-0.2, -0.15) is 0 Å². The molecule has 1 fully saturated rings. The van der Waals surface area contributed by atoms with Crippen molar-refractivity contribution in [1.82, 2.24) is 4.90 Å². The van der Waals surface area contributed by atoms with Crippen LogP contribution in [0.5, 0.6) is 17.2 Å². The largest absolute Gasteiger partial charge is 0.493 e. The van der Waals surface area contributed by atoms with Crippen molar-refractivity contribution >= 4 is 17.5 Å². The Labute approximate surface area is 168 Å². The topological polar surface area (TPSA) is 52.4 Å². The van der Waals surface area contributed by atoms with Gasteiger partial charge in [0.25, 0.3) is 5.91 Å². The highest BCUT2D eigenvalue weighted by molar-refractivity contribution is 6.32. The van der Waals surface area contributed by atoms with Gasteiger partial charge < -0.3 is 24.0 Å². The molecule has 1 N–H and O–H groups in total. The summed E-state index contributed by atoms with van der Waals surface area (Å²) in [6.45, 7) is 5.22. The van der Waals surface area contributed by atoms with E-state index < -0.39 is 0 Å². The fourth-order valence-electron chi connectivity index (χ4n) is 4.11. The molecule has 0 aromatic heterocycles. The zero-order chi connectivity index (χ0) is 19.1. The summed E-state index contributed by atoms with van der Waals surface area (Å²) in [5.74, 6) is 2.08. The molecule has 2 aromatic rings. The van der Waals surface area contributed by atoms with E-state index in [0.717, 1.165) is 51.5 Å². The molecule has 28 heavy (non-hydrogen) atoms. The van der Waals surface area contributed by atoms with Gasteiger partial charge in [-0.3, -0.25) is 4.79 Å². The summed E-state index contributed by atoms with van der Waals surface area (Å²) in [6.07, 6.45) is 0.999. The van der Waals surface area contributed by atoms with Gasteiger partial charge in [-0.05, 0) is 35.9 Å². The van der Waals surface area contributed by atoms with Crippen molar-refractivity contribution in [3.63, 3.8) is 0 Å². The molecular formula is C21H22ClN2O4+. The number of carbonyl (C=O) groups is 1. The molecular weight excluding hydrogens is 380 g/mol. The summed E-state index contributed by atoms with van der Waals surface area (Å²) in [6, 6.07) is 9.90. The van der Waals surface area contributed by atoms with Crippen LogP contribution in [0.4, 0.5) is 0 Å². The van der Waals surface area contributed by atoms with E-state index in [2.05, 4.69) is 18.2 Å². The standard InChI is InChI=1S/C21H21ClN2O4/c22-17-10-16(11-19-20(17)28-13-27-19)21(25)24-6-4-23(5-7-24)12-14-1-2-18-15(9-14)3-8-26-18/h1-2,9-11H,3-8,12-13H2/p+1. The number of nitrogens with zero attached hydrogens (tertiary/aromatic N) is 1. The SMILES string of the molecule is O=C(c1cc(Cl)c2c(c1)OCO2)N1CC[NH+](Cc2ccc3c(c2)CCO3)CC1. The molecule has 3 aliphatic heterocycles. The van der Waals surface area contributed by atoms with Gasteiger partial charge in [0.05, 0.1) is 37.8 Å². The number of hydrogen-bond acceptors (Lipinski definition) is 4. The predicted molar refractivity (Wildman–Crippen MR) is 104 cm³/mol. The minimum Gasteiger partial charge on any atom is -0.493 e. The van der Waals surface area contributed by atoms with Gasteiger partial charge in [0, 0.05) is 17.5 Å². The highest BCUT2D eigenvalue weighted by Crippen LogP contribution is 2.40. The van der Waals surface area contributed by atoms with Crippen LogP contribution in [0, 0.1) is 0 Å². The first-order chi connectivity index (χ1) is 13.7. The average molecular weight is 402 g/mol. The van der Waals surface area contributed by atoms with Crippen molar-refractivity contribution in [3.05, 3.63) is 52.0 Å². The zero-order valence-corrected chi connectivity index (χ0v) is 16.3. The van der Waals surface area contributed by atoms with Crippen LogP contribution in [0.25, 0.3) is 0 Å². The number of amides is 1. The Bertz CT molecular complexity index is 925. The Balaban J connectivity index is 1.21. The monoisotopic (exact) mass is 401 g/mol. The third kappa shape index (κ3) is 3.27. The zero-order valence-electron chi connectivity index (χ0n) is 15.5. The second-order valence-corrected chi connectivity index (χ2v) is 7.86. The summed E-state index contributed by atoms with van der Waals surface area (Å²) in [5.41, 5.74) is 3.20. The number of halogens is 1. The van der Waals surface area contributed by atoms with Crippen LogP contribution >= 0.6 is 11.6 Å². The minimum atomic E-state index is -0.00562. The van der Waals surface area contributed by atoms with E-state index in [-0.39, 0.29) is 12.7 Å². The summed E-state index contributed by atoms with van der Waals surface area (Å²) in [5, 5.41) is 0.420. The van der Waals surface area contributed by atoms with Gasteiger partial charge in [0.15, 0.2) is 11.5 Å². The predicted octanol–water partition coefficient (Wildman–Crippen LogP) is 1.54. The highest BCUT2D eigenvalue weighted by atomic mass is 35.5. The molecule has 5 rings (SSSR count). The van der Waals surface area contributed by atoms with Crippen LogP contribution in [-0.2, 0) is 13.0 Å². The van der Waals surface area contributed by atoms with Gasteiger partial charge >= 0.3 is 0 Å². The molecule has 1 saturated heterocycles. The third-order valence-corrected chi connectivity index (χ3v) is 5.92. The number of ether oxygens (including phenoxy) is 3. The lowest BCUT2D eigenvalue weighted by Crippen LogP contribution is -3.13. The third-order valence-electron chi connectivity index (χ3n) is 5.64. The second-order valence-electron chi connectivity index (χ2n) is 7.45. The Kier molecular flexibility index (Phi) is 4.53. The Morgan fingerprint density at radius 3 is 2.79 bits per heavy atom. The molecule has 0 radical (unpaired) electrons. The number of fused-ring (bicyclic) bond motifs is 2. The van der Waals surface area contributed by atoms with E-state index in [1.165, 1.54) is 16.0 Å². The summed E-state index contributed by atoms with van der Waals surface area (Å²) < 4.78 is 16.3. The summed E-state index contributed by atoms with van der Waals surface area (Å²) >= 11 is 6.22. The molecule has 2 aromatic carbocycles. The fourth-order valence-corrected chi connectivity index (χ4v) is 4.38. The Morgan fingerprint density at radius 1 is 1.07 bits per heavy atom. The maximum absolute atomic E-state index is 12.9. The maximum Gasteiger partial charge on any atom is 0.254 e. The van der Waals surface area contributed by atoms with Crippen LogP contribution in [0.15, 0.2) is 30.3 Å². The normalized spacial score (nSPS) is 18.1. The van der Waals surface area contributed by atoms with Gasteiger partial charge in [0.1, 0.15) is 12.3 Å². The molecule has 0 atom stereocenters. The van der Waals surface area contributed by atoms with Crippen molar-refractivity contribution < 1.29 is 23.9 Å². The van der Waals surface area contributed by atoms with E-state index in [1.54, 1.807) is 12.1 Å². The Hall–Kier alpha value is -2.44. The van der Waals surface area contributed by atoms with E-state index in [1.807, 2.05) is 4.90 Å². The van der Waals surface area contributed by atoms with Gasteiger partial charge in [0.2, 0.25) is 6.79 Å². The van der Waals surface area contributed by atoms with Crippen molar-refractivity contribution in [2.75, 3.05) is 39.6 Å². The molecule has 1 amide bonds. The van der Waals surface area contributed by atoms with Crippen molar-refractivity contribution in [2.24, 2.45) is 0 Å². The molecule has 7 heteroatoms. The van der Waals surface area contributed by atoms with Crippen LogP contribution in [-0.4, -0.2) is 50.4 Å². The molecule has 0 saturated carbocycles. The van der Waals surface area contributed by atoms with Crippen LogP contribution in [0.1, 0.15) is 21.5 Å². The average Bonchev–Trinajstić information content (AvgIpc) is 3.37. The minimum absolute atomic E-state index is 0.00562. The number of nitrogens with one attached hydrogen (secondary N) is 1. The van der Waals surface area contributed by atoms with E-state index in [4.69, 9.17) is 25.8 Å². The number of rotatable bonds is 3. The summed E-state index contributed by atoms with van der Waals surface area (Å²) in [7, 11) is 0. The number of carbonyl (C=O) groups excluding carboxylic acids is 1. The fraction of sp³-hybridized carbons (Fsp3) is 0.381. The lowest BCUT2D eigenvalue weighted by Gasteiger charge is -2.32. The van der Waals surface area contributed by atoms with Crippen molar-refractivity contribution in [2.45, 2.75) is 13.0 Å². The molecule has 0 aliphatic carbocycles. The van der Waals surface area contributed by atoms with Gasteiger partial charge in [-0.25, -0.2) is 0 Å². The van der Waals surface area contributed by atoms with Crippen molar-refractivity contribution in [1.29, 1.82) is 0 Å². The molecule has 0 bridgehead atoms. The molecule has 3 heterocycles. The lowest BCUT2D eigenvalue weighted by molar-refractivity contribution is -0.917. The van der Waals surface area contributed by atoms with E-state index in [0.29, 0.717) is 22.1 Å². The van der Waals surface area contributed by atoms with E-state index >= 15 is 0 Å². The first-order valence-corrected chi connectivity index (χ1v) is 10.0. The number of benzene rings is 2. The number of hydrogen-bond donors (Lipinski definition) is 1. The first kappa shape index (κ1) is 17.6. The quantitative estimate of drug-likeness (QED) is 0.847. The Morgan fingerprint density at radius 2 is 1.93 bits per heavy atom. The number of piperazine rings is 1. The van der Waals surface area contributed by atoms with Crippen molar-refractivity contribution in [3.8, 4) is 17.2 Å². The highest BCUT2D eigenvalue weighted by Gasteiger charge is 2.27. The molecule has 3 aliphatic rings. The number of quaternary nitrogens is 1. The molecule has 146 valence electrons. The maximum atomic E-state index is 12.9. The smallest absolute Gasteiger partial charge is 0.254 e. The molecule has 6 nitrogen and oxygen atoms in total. The van der Waals surface area contributed by atoms with Gasteiger partial charge in [-0.1, -0.05) is 11.6 Å². The van der Waals surface area contributed by atoms with Crippen LogP contribution in [0.3, 0.4) is 0 Å². The van der Waals surface area contributed by atoms with Crippen LogP contribution in [0.2, 0.25) is 5.02 Å². The second kappa shape index (κ2) is 7.18. The van der Waals surface area contributed by atoms with Gasteiger partial charge in [-0.15, -0.1) is 0 Å². The summed E-state index contributed by atoms with van der Waals surface area (Å²) in [4.78, 5) is 16.3. The first-order valence-electron chi connectivity index (χ1n) is 9.64. The molecule has 0 unspecified atom stereocenters. The van der Waals surface area contributed by atoms with E-state index in [9.17, 15) is 4.79 Å². The molecule has 0 spiro atoms. The van der Waals surface area contributed by atoms with Crippen LogP contribution < -0.4 is 19.1 Å². The lowest BCUT2D eigenvalue weighted by atomic mass is 10.1.